The van der Waals surface area contributed by atoms with Crippen LogP contribution in [0.3, 0.4) is 0 Å². The summed E-state index contributed by atoms with van der Waals surface area (Å²) in [5, 5.41) is 130. The number of para-hydroxylation sites is 1. The predicted molar refractivity (Wildman–Crippen MR) is 439 cm³/mol. The summed E-state index contributed by atoms with van der Waals surface area (Å²) in [7, 11) is 1.48. The maximum absolute atomic E-state index is 15.4. The van der Waals surface area contributed by atoms with Gasteiger partial charge in [0.15, 0.2) is 23.9 Å². The van der Waals surface area contributed by atoms with Gasteiger partial charge in [-0.15, -0.1) is 0 Å². The fourth-order valence-electron chi connectivity index (χ4n) is 14.6. The fourth-order valence-corrected chi connectivity index (χ4v) is 15.2. The molecule has 2 saturated heterocycles. The van der Waals surface area contributed by atoms with E-state index in [0.717, 1.165) is 60.0 Å². The van der Waals surface area contributed by atoms with E-state index in [0.29, 0.717) is 17.9 Å². The van der Waals surface area contributed by atoms with Crippen LogP contribution >= 0.6 is 34.8 Å². The minimum Gasteiger partial charge on any atom is -0.508 e. The molecule has 648 valence electrons. The van der Waals surface area contributed by atoms with E-state index < -0.39 is 193 Å². The molecule has 0 radical (unpaired) electrons. The molecule has 10 bridgehead atoms. The second-order valence-electron chi connectivity index (χ2n) is 30.7. The number of phenolic OH excluding ortho intramolecular Hbond substituents is 3. The normalized spacial score (nSPS) is 26.3. The van der Waals surface area contributed by atoms with Gasteiger partial charge in [0.05, 0.1) is 41.3 Å². The summed E-state index contributed by atoms with van der Waals surface area (Å²) in [6, 6.07) is 18.6. The first-order valence-electron chi connectivity index (χ1n) is 39.0. The standard InChI is InChI=1S/C84H98Cl3N11O23/c1-38(2)28-53(90-6)77(110)97-67-69(104)45-19-24-57(51(86)30-45)117-59-10-9-11-60(73(59)121-83-74(72(107)71(106)61(37-99)119-83)120-63-35-84(5,75(108)40(4)116-63)92-36-41-12-14-42(15-13-41)43-16-21-47(85)22-17-43)118-58-25-20-46(31-52(58)87)70(105)68-82(115)96-66(79(112)91-27-8-7-26-88)50-32-48(100)33-56(102)64(50)49-29-44(18-23-55(49)101)65(80(113)98-68)95-76(109)39(3)93-78(111)54(34-62(89)103)94-81(67)114/h9-25,29-33,38-40,53-54,61,63,65-72,74-75,83,90,92,99-102,104-108H,7-8,26-28,34-37,88H2,1-6H3,(H2,89,103)(H,91,112)(H,93,111)(H,94,114)(H,95,109)(H,96,115)(H,97,110)(H,98,113)/t39-,40?,53-,54+,61?,63?,65?,66+,67-,68+,69-,70-,71?,72?,74?,75?,83?,84?/m1/s1. The molecule has 37 heteroatoms. The molecule has 6 aliphatic rings. The number of hydrogen-bond donors (Lipinski definition) is 20. The summed E-state index contributed by atoms with van der Waals surface area (Å²) in [6.45, 7) is 7.69. The van der Waals surface area contributed by atoms with E-state index in [-0.39, 0.29) is 105 Å². The van der Waals surface area contributed by atoms with Crippen molar-refractivity contribution < 1.29 is 113 Å². The van der Waals surface area contributed by atoms with E-state index in [9.17, 15) is 74.7 Å². The number of likely N-dealkylation sites (N-methyl/N-ethyl adjacent to an activating group) is 1. The van der Waals surface area contributed by atoms with Gasteiger partial charge < -0.3 is 134 Å². The van der Waals surface area contributed by atoms with Crippen LogP contribution in [0.2, 0.25) is 15.1 Å². The number of primary amides is 1. The van der Waals surface area contributed by atoms with Crippen molar-refractivity contribution in [2.45, 2.75) is 183 Å². The number of fused-ring (bicyclic) bond motifs is 6. The van der Waals surface area contributed by atoms with Crippen LogP contribution in [-0.4, -0.2) is 205 Å². The van der Waals surface area contributed by atoms with Crippen molar-refractivity contribution in [3.8, 4) is 68.2 Å². The van der Waals surface area contributed by atoms with E-state index in [1.165, 1.54) is 55.6 Å². The Balaban J connectivity index is 1.02. The summed E-state index contributed by atoms with van der Waals surface area (Å²) in [6.07, 6.45) is -16.9. The van der Waals surface area contributed by atoms with Crippen molar-refractivity contribution in [3.63, 3.8) is 0 Å². The predicted octanol–water partition coefficient (Wildman–Crippen LogP) is 4.36. The average Bonchev–Trinajstić information content (AvgIpc) is 0.764. The highest BCUT2D eigenvalue weighted by Crippen LogP contribution is 2.49. The molecule has 7 aromatic carbocycles. The van der Waals surface area contributed by atoms with Crippen molar-refractivity contribution in [1.29, 1.82) is 0 Å². The Morgan fingerprint density at radius 3 is 1.93 bits per heavy atom. The van der Waals surface area contributed by atoms with E-state index in [1.807, 2.05) is 50.2 Å². The molecular weight excluding hydrogens is 1640 g/mol. The van der Waals surface area contributed by atoms with Gasteiger partial charge >= 0.3 is 0 Å². The highest BCUT2D eigenvalue weighted by Gasteiger charge is 2.52. The zero-order valence-corrected chi connectivity index (χ0v) is 68.8. The SMILES string of the molecule is CN[C@H](CC(C)C)C(=O)N[C@H]1C(=O)N[C@@H](CC(N)=O)C(=O)N[C@H](C)C(=O)NC2C(=O)N[C@H](C(=O)N[C@H](C(=O)NCCCCN)c3cc(O)cc(O)c3-c3cc2ccc3O)[C@H](O)c2ccc(c(Cl)c2)Oc2cccc(c2OC2OC(CO)C(O)C(O)C2OC2CC(C)(NCc3ccc(-c4ccc(Cl)cc4)cc3)C(O)C(C)O2)Oc2ccc(cc2Cl)[C@H]1O. The van der Waals surface area contributed by atoms with Gasteiger partial charge in [-0.25, -0.2) is 0 Å². The first-order valence-corrected chi connectivity index (χ1v) is 40.2. The number of phenols is 3. The minimum absolute atomic E-state index is 0.0288. The highest BCUT2D eigenvalue weighted by molar-refractivity contribution is 6.32. The third-order valence-corrected chi connectivity index (χ3v) is 22.1. The van der Waals surface area contributed by atoms with Crippen LogP contribution in [0, 0.1) is 5.92 Å². The van der Waals surface area contributed by atoms with Gasteiger partial charge in [-0.2, -0.15) is 0 Å². The van der Waals surface area contributed by atoms with Crippen LogP contribution in [0.5, 0.6) is 46.0 Å². The van der Waals surface area contributed by atoms with Gasteiger partial charge in [-0.1, -0.05) is 109 Å². The summed E-state index contributed by atoms with van der Waals surface area (Å²) < 4.78 is 39.0. The number of nitrogens with two attached hydrogens (primary N) is 2. The molecule has 6 aliphatic heterocycles. The Bertz CT molecular complexity index is 4940. The molecule has 121 heavy (non-hydrogen) atoms. The Hall–Kier alpha value is -10.5. The molecule has 13 rings (SSSR count). The van der Waals surface area contributed by atoms with Gasteiger partial charge in [0.2, 0.25) is 59.3 Å². The van der Waals surface area contributed by atoms with Crippen LogP contribution in [0.1, 0.15) is 119 Å². The largest absolute Gasteiger partial charge is 0.508 e. The number of aliphatic hydroxyl groups is 6. The maximum atomic E-state index is 15.4. The zero-order valence-electron chi connectivity index (χ0n) is 66.5. The van der Waals surface area contributed by atoms with E-state index in [2.05, 4.69) is 47.9 Å². The Morgan fingerprint density at radius 1 is 0.678 bits per heavy atom. The number of carbonyl (C=O) groups excluding carboxylic acids is 8. The third-order valence-electron chi connectivity index (χ3n) is 21.3. The first-order chi connectivity index (χ1) is 57.6. The molecule has 7 aromatic rings. The molecule has 10 unspecified atom stereocenters. The van der Waals surface area contributed by atoms with Crippen LogP contribution in [0.25, 0.3) is 22.3 Å². The second-order valence-corrected chi connectivity index (χ2v) is 31.9. The molecular formula is C84H98Cl3N11O23. The van der Waals surface area contributed by atoms with Gasteiger partial charge in [0, 0.05) is 47.3 Å². The molecule has 0 aromatic heterocycles. The Morgan fingerprint density at radius 2 is 1.31 bits per heavy atom. The summed E-state index contributed by atoms with van der Waals surface area (Å²) >= 11 is 20.4. The molecule has 0 spiro atoms. The second kappa shape index (κ2) is 40.0. The van der Waals surface area contributed by atoms with Crippen molar-refractivity contribution in [3.05, 3.63) is 176 Å². The number of aliphatic hydroxyl groups excluding tert-OH is 6. The molecule has 34 nitrogen and oxygen atoms in total. The summed E-state index contributed by atoms with van der Waals surface area (Å²) in [5.41, 5.74) is 11.2. The molecule has 8 amide bonds. The maximum Gasteiger partial charge on any atom is 0.247 e. The van der Waals surface area contributed by atoms with Gasteiger partial charge in [-0.3, -0.25) is 38.4 Å². The average molecular weight is 1740 g/mol. The number of carbonyl (C=O) groups is 8. The fraction of sp³-hybridized carbons (Fsp3) is 0.405. The van der Waals surface area contributed by atoms with Crippen LogP contribution in [-0.2, 0) is 59.1 Å². The lowest BCUT2D eigenvalue weighted by molar-refractivity contribution is -0.334. The number of hydrogen-bond acceptors (Lipinski definition) is 26. The van der Waals surface area contributed by atoms with Crippen molar-refractivity contribution in [2.75, 3.05) is 26.7 Å². The molecule has 0 saturated carbocycles. The van der Waals surface area contributed by atoms with Crippen molar-refractivity contribution in [2.24, 2.45) is 17.4 Å². The van der Waals surface area contributed by atoms with Crippen LogP contribution in [0.15, 0.2) is 133 Å². The number of nitrogens with one attached hydrogen (secondary N) is 9. The van der Waals surface area contributed by atoms with Crippen molar-refractivity contribution >= 4 is 82.1 Å². The first kappa shape index (κ1) is 91.2. The lowest BCUT2D eigenvalue weighted by Crippen LogP contribution is -2.65. The topological polar surface area (TPSA) is 534 Å². The lowest BCUT2D eigenvalue weighted by Gasteiger charge is -2.48. The molecule has 22 N–H and O–H groups in total. The van der Waals surface area contributed by atoms with Gasteiger partial charge in [0.1, 0.15) is 95.5 Å². The van der Waals surface area contributed by atoms with E-state index in [4.69, 9.17) is 74.7 Å². The van der Waals surface area contributed by atoms with E-state index >= 15 is 9.59 Å². The summed E-state index contributed by atoms with van der Waals surface area (Å²) in [5.74, 6) is -13.0. The number of aromatic hydroxyl groups is 3. The number of ether oxygens (including phenoxy) is 6. The third kappa shape index (κ3) is 21.7. The highest BCUT2D eigenvalue weighted by atomic mass is 35.5. The Labute approximate surface area is 710 Å². The number of benzene rings is 7. The van der Waals surface area contributed by atoms with E-state index in [1.54, 1.807) is 26.0 Å². The van der Waals surface area contributed by atoms with Crippen molar-refractivity contribution in [1.82, 2.24) is 47.9 Å². The number of rotatable bonds is 21. The smallest absolute Gasteiger partial charge is 0.247 e. The monoisotopic (exact) mass is 1730 g/mol. The molecule has 2 fully saturated rings. The van der Waals surface area contributed by atoms with Gasteiger partial charge in [0.25, 0.3) is 0 Å². The summed E-state index contributed by atoms with van der Waals surface area (Å²) in [4.78, 5) is 117. The number of halogens is 3. The minimum atomic E-state index is -2.25. The Kier molecular flexibility index (Phi) is 30.2. The van der Waals surface area contributed by atoms with Crippen LogP contribution < -0.4 is 73.5 Å². The number of amides is 8. The zero-order chi connectivity index (χ0) is 87.6. The molecule has 0 aliphatic carbocycles. The van der Waals surface area contributed by atoms with Gasteiger partial charge in [-0.05, 0) is 165 Å². The quantitative estimate of drug-likeness (QED) is 0.0444. The van der Waals surface area contributed by atoms with Crippen LogP contribution in [0.4, 0.5) is 0 Å². The molecule has 18 atom stereocenters. The number of unbranched alkanes of at least 4 members (excludes halogenated alkanes) is 1. The lowest BCUT2D eigenvalue weighted by atomic mass is 9.84. The molecule has 6 heterocycles.